The first kappa shape index (κ1) is 15.6. The van der Waals surface area contributed by atoms with Crippen molar-refractivity contribution in [3.63, 3.8) is 0 Å². The summed E-state index contributed by atoms with van der Waals surface area (Å²) < 4.78 is 13.1. The van der Waals surface area contributed by atoms with Gasteiger partial charge in [0.25, 0.3) is 0 Å². The monoisotopic (exact) mass is 268 g/mol. The fraction of sp³-hybridized carbons (Fsp3) is 0.500. The number of rotatable bonds is 8. The first-order chi connectivity index (χ1) is 9.13. The van der Waals surface area contributed by atoms with Gasteiger partial charge in [-0.2, -0.15) is 0 Å². The molecule has 0 aliphatic rings. The van der Waals surface area contributed by atoms with Gasteiger partial charge in [-0.3, -0.25) is 10.0 Å². The average Bonchev–Trinajstić information content (AvgIpc) is 2.41. The third-order valence-corrected chi connectivity index (χ3v) is 2.93. The van der Waals surface area contributed by atoms with Crippen molar-refractivity contribution in [2.45, 2.75) is 39.2 Å². The number of amides is 1. The van der Waals surface area contributed by atoms with Gasteiger partial charge in [0.1, 0.15) is 5.82 Å². The summed E-state index contributed by atoms with van der Waals surface area (Å²) in [4.78, 5) is 10.7. The highest BCUT2D eigenvalue weighted by Crippen LogP contribution is 2.09. The van der Waals surface area contributed by atoms with Crippen LogP contribution >= 0.6 is 0 Å². The lowest BCUT2D eigenvalue weighted by molar-refractivity contribution is -0.129. The number of hydrogen-bond acceptors (Lipinski definition) is 3. The minimum Gasteiger partial charge on any atom is -0.313 e. The summed E-state index contributed by atoms with van der Waals surface area (Å²) in [6.45, 7) is 3.33. The highest BCUT2D eigenvalue weighted by atomic mass is 19.1. The number of benzene rings is 1. The van der Waals surface area contributed by atoms with E-state index in [0.29, 0.717) is 12.0 Å². The van der Waals surface area contributed by atoms with E-state index in [9.17, 15) is 9.18 Å². The molecule has 0 bridgehead atoms. The first-order valence-electron chi connectivity index (χ1n) is 6.52. The molecule has 3 N–H and O–H groups in total. The van der Waals surface area contributed by atoms with Crippen LogP contribution in [0.3, 0.4) is 0 Å². The van der Waals surface area contributed by atoms with E-state index < -0.39 is 0 Å². The summed E-state index contributed by atoms with van der Waals surface area (Å²) in [6.07, 6.45) is 3.03. The quantitative estimate of drug-likeness (QED) is 0.385. The molecule has 19 heavy (non-hydrogen) atoms. The van der Waals surface area contributed by atoms with Crippen LogP contribution in [0.15, 0.2) is 18.2 Å². The molecule has 0 saturated heterocycles. The Bertz CT molecular complexity index is 410. The molecular formula is C14H21FN2O2. The molecule has 5 heteroatoms. The van der Waals surface area contributed by atoms with E-state index in [1.165, 1.54) is 6.07 Å². The number of hydroxylamine groups is 1. The molecule has 0 unspecified atom stereocenters. The third kappa shape index (κ3) is 6.31. The van der Waals surface area contributed by atoms with Crippen LogP contribution in [0.5, 0.6) is 0 Å². The highest BCUT2D eigenvalue weighted by molar-refractivity contribution is 5.74. The molecule has 0 spiro atoms. The van der Waals surface area contributed by atoms with Crippen molar-refractivity contribution >= 4 is 5.91 Å². The van der Waals surface area contributed by atoms with E-state index in [0.717, 1.165) is 37.9 Å². The number of hydrogen-bond donors (Lipinski definition) is 3. The van der Waals surface area contributed by atoms with Crippen molar-refractivity contribution < 1.29 is 14.4 Å². The van der Waals surface area contributed by atoms with Crippen molar-refractivity contribution in [2.75, 3.05) is 6.54 Å². The predicted molar refractivity (Wildman–Crippen MR) is 71.2 cm³/mol. The van der Waals surface area contributed by atoms with Gasteiger partial charge in [0.05, 0.1) is 0 Å². The Balaban J connectivity index is 2.07. The Labute approximate surface area is 113 Å². The molecular weight excluding hydrogens is 247 g/mol. The molecule has 0 aliphatic carbocycles. The summed E-state index contributed by atoms with van der Waals surface area (Å²) >= 11 is 0. The normalized spacial score (nSPS) is 10.5. The fourth-order valence-corrected chi connectivity index (χ4v) is 1.82. The fourth-order valence-electron chi connectivity index (χ4n) is 1.82. The number of carbonyl (C=O) groups is 1. The van der Waals surface area contributed by atoms with E-state index in [-0.39, 0.29) is 11.7 Å². The average molecular weight is 268 g/mol. The molecule has 1 aromatic rings. The summed E-state index contributed by atoms with van der Waals surface area (Å²) in [5, 5.41) is 11.6. The maximum absolute atomic E-state index is 13.1. The Morgan fingerprint density at radius 1 is 1.32 bits per heavy atom. The zero-order valence-electron chi connectivity index (χ0n) is 11.2. The smallest absolute Gasteiger partial charge is 0.243 e. The third-order valence-electron chi connectivity index (χ3n) is 2.93. The molecule has 0 radical (unpaired) electrons. The van der Waals surface area contributed by atoms with E-state index >= 15 is 0 Å². The molecule has 106 valence electrons. The summed E-state index contributed by atoms with van der Waals surface area (Å²) in [5.74, 6) is -0.513. The van der Waals surface area contributed by atoms with Gasteiger partial charge in [-0.05, 0) is 43.5 Å². The molecule has 0 saturated carbocycles. The van der Waals surface area contributed by atoms with Gasteiger partial charge in [0.2, 0.25) is 5.91 Å². The minimum absolute atomic E-state index is 0.175. The van der Waals surface area contributed by atoms with E-state index in [4.69, 9.17) is 5.21 Å². The molecule has 0 aliphatic heterocycles. The van der Waals surface area contributed by atoms with E-state index in [2.05, 4.69) is 5.32 Å². The van der Waals surface area contributed by atoms with Crippen LogP contribution in [0.1, 0.15) is 36.8 Å². The Morgan fingerprint density at radius 3 is 2.79 bits per heavy atom. The topological polar surface area (TPSA) is 61.4 Å². The zero-order valence-corrected chi connectivity index (χ0v) is 11.2. The zero-order chi connectivity index (χ0) is 14.1. The van der Waals surface area contributed by atoms with Crippen LogP contribution in [-0.2, 0) is 11.3 Å². The van der Waals surface area contributed by atoms with Crippen molar-refractivity contribution in [3.8, 4) is 0 Å². The lowest BCUT2D eigenvalue weighted by Gasteiger charge is -2.06. The predicted octanol–water partition coefficient (Wildman–Crippen LogP) is 2.29. The highest BCUT2D eigenvalue weighted by Gasteiger charge is 2.00. The van der Waals surface area contributed by atoms with Gasteiger partial charge < -0.3 is 5.32 Å². The number of nitrogens with one attached hydrogen (secondary N) is 2. The summed E-state index contributed by atoms with van der Waals surface area (Å²) in [7, 11) is 0. The minimum atomic E-state index is -0.338. The van der Waals surface area contributed by atoms with Gasteiger partial charge in [0, 0.05) is 13.0 Å². The standard InChI is InChI=1S/C14H21FN2O2/c1-11-9-12(6-7-13(11)15)10-16-8-4-2-3-5-14(18)17-19/h6-7,9,16,19H,2-5,8,10H2,1H3,(H,17,18). The van der Waals surface area contributed by atoms with Gasteiger partial charge in [-0.25, -0.2) is 9.87 Å². The van der Waals surface area contributed by atoms with Crippen molar-refractivity contribution in [1.82, 2.24) is 10.8 Å². The van der Waals surface area contributed by atoms with E-state index in [1.807, 2.05) is 6.07 Å². The van der Waals surface area contributed by atoms with Crippen LogP contribution in [-0.4, -0.2) is 17.7 Å². The van der Waals surface area contributed by atoms with Crippen LogP contribution in [0.2, 0.25) is 0 Å². The molecule has 1 aromatic carbocycles. The number of carbonyl (C=O) groups excluding carboxylic acids is 1. The molecule has 1 rings (SSSR count). The lowest BCUT2D eigenvalue weighted by atomic mass is 10.1. The summed E-state index contributed by atoms with van der Waals surface area (Å²) in [5.41, 5.74) is 3.34. The first-order valence-corrected chi connectivity index (χ1v) is 6.52. The Morgan fingerprint density at radius 2 is 2.11 bits per heavy atom. The number of halogens is 1. The number of aryl methyl sites for hydroxylation is 1. The van der Waals surface area contributed by atoms with Gasteiger partial charge in [-0.1, -0.05) is 18.6 Å². The maximum Gasteiger partial charge on any atom is 0.243 e. The molecule has 4 nitrogen and oxygen atoms in total. The van der Waals surface area contributed by atoms with Crippen molar-refractivity contribution in [1.29, 1.82) is 0 Å². The number of unbranched alkanes of at least 4 members (excludes halogenated alkanes) is 2. The summed E-state index contributed by atoms with van der Waals surface area (Å²) in [6, 6.07) is 5.11. The second-order valence-corrected chi connectivity index (χ2v) is 4.61. The second-order valence-electron chi connectivity index (χ2n) is 4.61. The second kappa shape index (κ2) is 8.61. The van der Waals surface area contributed by atoms with Crippen LogP contribution in [0.25, 0.3) is 0 Å². The van der Waals surface area contributed by atoms with Crippen LogP contribution in [0, 0.1) is 12.7 Å². The Hall–Kier alpha value is -1.46. The van der Waals surface area contributed by atoms with Gasteiger partial charge in [-0.15, -0.1) is 0 Å². The Kier molecular flexibility index (Phi) is 7.07. The van der Waals surface area contributed by atoms with Crippen molar-refractivity contribution in [2.24, 2.45) is 0 Å². The van der Waals surface area contributed by atoms with Crippen LogP contribution < -0.4 is 10.8 Å². The molecule has 0 aromatic heterocycles. The SMILES string of the molecule is Cc1cc(CNCCCCCC(=O)NO)ccc1F. The molecule has 0 fully saturated rings. The lowest BCUT2D eigenvalue weighted by Crippen LogP contribution is -2.18. The van der Waals surface area contributed by atoms with E-state index in [1.54, 1.807) is 18.5 Å². The molecule has 0 atom stereocenters. The van der Waals surface area contributed by atoms with Gasteiger partial charge in [0.15, 0.2) is 0 Å². The molecule has 1 amide bonds. The largest absolute Gasteiger partial charge is 0.313 e. The molecule has 0 heterocycles. The van der Waals surface area contributed by atoms with Crippen molar-refractivity contribution in [3.05, 3.63) is 35.1 Å². The van der Waals surface area contributed by atoms with Gasteiger partial charge >= 0.3 is 0 Å². The van der Waals surface area contributed by atoms with Crippen LogP contribution in [0.4, 0.5) is 4.39 Å². The maximum atomic E-state index is 13.1.